The lowest BCUT2D eigenvalue weighted by molar-refractivity contribution is -0.121. The number of methoxy groups -OCH3 is 1. The number of benzene rings is 1. The van der Waals surface area contributed by atoms with Crippen molar-refractivity contribution in [3.05, 3.63) is 69.5 Å². The lowest BCUT2D eigenvalue weighted by atomic mass is 10.2. The number of ether oxygens (including phenoxy) is 1. The molecule has 35 heavy (non-hydrogen) atoms. The van der Waals surface area contributed by atoms with Crippen LogP contribution in [0.3, 0.4) is 0 Å². The van der Waals surface area contributed by atoms with Gasteiger partial charge in [0.05, 0.1) is 23.3 Å². The van der Waals surface area contributed by atoms with E-state index in [-0.39, 0.29) is 11.5 Å². The van der Waals surface area contributed by atoms with Crippen LogP contribution in [0.15, 0.2) is 58.4 Å². The molecule has 2 fully saturated rings. The number of para-hydroxylation sites is 2. The van der Waals surface area contributed by atoms with Crippen LogP contribution in [0.1, 0.15) is 12.5 Å². The van der Waals surface area contributed by atoms with E-state index in [1.807, 2.05) is 37.3 Å². The Balaban J connectivity index is 1.52. The van der Waals surface area contributed by atoms with Gasteiger partial charge in [-0.3, -0.25) is 18.9 Å². The molecule has 2 aliphatic heterocycles. The maximum absolute atomic E-state index is 13.5. The number of carbonyl (C=O) groups excluding carboxylic acids is 1. The van der Waals surface area contributed by atoms with Gasteiger partial charge in [0.2, 0.25) is 0 Å². The maximum Gasteiger partial charge on any atom is 0.267 e. The van der Waals surface area contributed by atoms with E-state index in [1.165, 1.54) is 16.2 Å². The van der Waals surface area contributed by atoms with Crippen LogP contribution in [0.4, 0.5) is 11.5 Å². The SMILES string of the molecule is CCN1C(=O)/C(=C/c2c(N3CCN(c4ccccc4OC)CC3)nc3ccccn3c2=O)SC1=S. The molecule has 2 aliphatic rings. The Hall–Kier alpha value is -3.37. The highest BCUT2D eigenvalue weighted by Gasteiger charge is 2.32. The van der Waals surface area contributed by atoms with Crippen molar-refractivity contribution >= 4 is 57.4 Å². The summed E-state index contributed by atoms with van der Waals surface area (Å²) in [5.74, 6) is 1.25. The second kappa shape index (κ2) is 9.71. The van der Waals surface area contributed by atoms with Gasteiger partial charge in [-0.05, 0) is 37.3 Å². The second-order valence-corrected chi connectivity index (χ2v) is 9.83. The molecule has 2 saturated heterocycles. The number of anilines is 2. The van der Waals surface area contributed by atoms with Crippen molar-refractivity contribution in [3.63, 3.8) is 0 Å². The Labute approximate surface area is 212 Å². The van der Waals surface area contributed by atoms with Crippen molar-refractivity contribution in [1.29, 1.82) is 0 Å². The molecular weight excluding hydrogens is 482 g/mol. The minimum absolute atomic E-state index is 0.174. The fourth-order valence-corrected chi connectivity index (χ4v) is 5.78. The van der Waals surface area contributed by atoms with E-state index in [0.717, 1.165) is 24.5 Å². The first-order valence-electron chi connectivity index (χ1n) is 11.4. The van der Waals surface area contributed by atoms with Gasteiger partial charge in [-0.1, -0.05) is 42.2 Å². The van der Waals surface area contributed by atoms with Crippen molar-refractivity contribution in [3.8, 4) is 5.75 Å². The number of thiocarbonyl (C=S) groups is 1. The number of hydrogen-bond donors (Lipinski definition) is 0. The molecule has 0 saturated carbocycles. The zero-order chi connectivity index (χ0) is 24.5. The summed E-state index contributed by atoms with van der Waals surface area (Å²) in [6.45, 7) is 5.21. The molecule has 0 atom stereocenters. The molecule has 5 rings (SSSR count). The van der Waals surface area contributed by atoms with Gasteiger partial charge in [-0.15, -0.1) is 0 Å². The van der Waals surface area contributed by atoms with E-state index in [2.05, 4.69) is 15.9 Å². The Bertz CT molecular complexity index is 1400. The predicted molar refractivity (Wildman–Crippen MR) is 144 cm³/mol. The van der Waals surface area contributed by atoms with E-state index in [4.69, 9.17) is 21.9 Å². The molecule has 0 unspecified atom stereocenters. The van der Waals surface area contributed by atoms with Crippen molar-refractivity contribution < 1.29 is 9.53 Å². The normalized spacial score (nSPS) is 17.7. The summed E-state index contributed by atoms with van der Waals surface area (Å²) in [4.78, 5) is 37.6. The third-order valence-electron chi connectivity index (χ3n) is 6.22. The Morgan fingerprint density at radius 3 is 2.49 bits per heavy atom. The lowest BCUT2D eigenvalue weighted by Crippen LogP contribution is -2.47. The van der Waals surface area contributed by atoms with Crippen LogP contribution in [-0.4, -0.2) is 64.3 Å². The molecule has 2 aromatic heterocycles. The summed E-state index contributed by atoms with van der Waals surface area (Å²) in [6.07, 6.45) is 3.36. The number of rotatable bonds is 5. The highest BCUT2D eigenvalue weighted by molar-refractivity contribution is 8.26. The molecular formula is C25H25N5O3S2. The molecule has 0 spiro atoms. The number of hydrogen-bond acceptors (Lipinski definition) is 8. The van der Waals surface area contributed by atoms with Gasteiger partial charge in [0.1, 0.15) is 21.5 Å². The van der Waals surface area contributed by atoms with Crippen LogP contribution in [0.2, 0.25) is 0 Å². The first kappa shape index (κ1) is 23.4. The number of amides is 1. The van der Waals surface area contributed by atoms with Gasteiger partial charge < -0.3 is 14.5 Å². The number of nitrogens with zero attached hydrogens (tertiary/aromatic N) is 5. The van der Waals surface area contributed by atoms with E-state index in [1.54, 1.807) is 30.3 Å². The highest BCUT2D eigenvalue weighted by atomic mass is 32.2. The molecule has 8 nitrogen and oxygen atoms in total. The molecule has 1 aromatic carbocycles. The summed E-state index contributed by atoms with van der Waals surface area (Å²) < 4.78 is 7.55. The third kappa shape index (κ3) is 4.28. The summed E-state index contributed by atoms with van der Waals surface area (Å²) in [6, 6.07) is 13.4. The largest absolute Gasteiger partial charge is 0.495 e. The topological polar surface area (TPSA) is 70.4 Å². The molecule has 1 amide bonds. The Kier molecular flexibility index (Phi) is 6.48. The number of carbonyl (C=O) groups is 1. The fourth-order valence-electron chi connectivity index (χ4n) is 4.41. The van der Waals surface area contributed by atoms with Gasteiger partial charge in [0.25, 0.3) is 11.5 Å². The van der Waals surface area contributed by atoms with Crippen molar-refractivity contribution in [1.82, 2.24) is 14.3 Å². The van der Waals surface area contributed by atoms with Gasteiger partial charge in [0, 0.05) is 38.9 Å². The van der Waals surface area contributed by atoms with Crippen LogP contribution in [0, 0.1) is 0 Å². The highest BCUT2D eigenvalue weighted by Crippen LogP contribution is 2.34. The Morgan fingerprint density at radius 1 is 1.06 bits per heavy atom. The van der Waals surface area contributed by atoms with Gasteiger partial charge in [-0.2, -0.15) is 0 Å². The van der Waals surface area contributed by atoms with Crippen LogP contribution in [0.5, 0.6) is 5.75 Å². The van der Waals surface area contributed by atoms with Crippen molar-refractivity contribution in [2.24, 2.45) is 0 Å². The minimum Gasteiger partial charge on any atom is -0.495 e. The fraction of sp³-hybridized carbons (Fsp3) is 0.280. The van der Waals surface area contributed by atoms with Crippen LogP contribution in [-0.2, 0) is 4.79 Å². The monoisotopic (exact) mass is 507 g/mol. The molecule has 0 N–H and O–H groups in total. The van der Waals surface area contributed by atoms with E-state index in [9.17, 15) is 9.59 Å². The summed E-state index contributed by atoms with van der Waals surface area (Å²) in [5, 5.41) is 0. The average molecular weight is 508 g/mol. The second-order valence-electron chi connectivity index (χ2n) is 8.15. The Morgan fingerprint density at radius 2 is 1.77 bits per heavy atom. The number of piperazine rings is 1. The lowest BCUT2D eigenvalue weighted by Gasteiger charge is -2.37. The maximum atomic E-state index is 13.5. The van der Waals surface area contributed by atoms with Crippen LogP contribution < -0.4 is 20.1 Å². The predicted octanol–water partition coefficient (Wildman–Crippen LogP) is 3.25. The first-order chi connectivity index (χ1) is 17.0. The molecule has 10 heteroatoms. The molecule has 4 heterocycles. The minimum atomic E-state index is -0.209. The summed E-state index contributed by atoms with van der Waals surface area (Å²) in [7, 11) is 1.68. The van der Waals surface area contributed by atoms with Crippen LogP contribution >= 0.6 is 24.0 Å². The molecule has 0 aliphatic carbocycles. The number of pyridine rings is 1. The van der Waals surface area contributed by atoms with Gasteiger partial charge in [-0.25, -0.2) is 4.98 Å². The zero-order valence-electron chi connectivity index (χ0n) is 19.5. The molecule has 180 valence electrons. The average Bonchev–Trinajstić information content (AvgIpc) is 3.17. The first-order valence-corrected chi connectivity index (χ1v) is 12.6. The number of fused-ring (bicyclic) bond motifs is 1. The smallest absolute Gasteiger partial charge is 0.267 e. The van der Waals surface area contributed by atoms with Crippen molar-refractivity contribution in [2.75, 3.05) is 49.6 Å². The van der Waals surface area contributed by atoms with Crippen LogP contribution in [0.25, 0.3) is 11.7 Å². The number of aromatic nitrogens is 2. The molecule has 0 bridgehead atoms. The number of likely N-dealkylation sites (N-methyl/N-ethyl adjacent to an activating group) is 1. The van der Waals surface area contributed by atoms with E-state index >= 15 is 0 Å². The molecule has 3 aromatic rings. The quantitative estimate of drug-likeness (QED) is 0.385. The van der Waals surface area contributed by atoms with Gasteiger partial charge in [0.15, 0.2) is 0 Å². The third-order valence-corrected chi connectivity index (χ3v) is 7.60. The number of thioether (sulfide) groups is 1. The van der Waals surface area contributed by atoms with E-state index in [0.29, 0.717) is 45.9 Å². The molecule has 0 radical (unpaired) electrons. The zero-order valence-corrected chi connectivity index (χ0v) is 21.1. The van der Waals surface area contributed by atoms with E-state index < -0.39 is 0 Å². The summed E-state index contributed by atoms with van der Waals surface area (Å²) >= 11 is 6.58. The summed E-state index contributed by atoms with van der Waals surface area (Å²) in [5.41, 5.74) is 1.80. The standard InChI is InChI=1S/C25H25N5O3S2/c1-3-29-24(32)20(35-25(29)34)16-17-22(26-21-10-6-7-11-30(21)23(17)31)28-14-12-27(13-15-28)18-8-4-5-9-19(18)33-2/h4-11,16H,3,12-15H2,1-2H3/b20-16-. The van der Waals surface area contributed by atoms with Gasteiger partial charge >= 0.3 is 0 Å². The van der Waals surface area contributed by atoms with Crippen molar-refractivity contribution in [2.45, 2.75) is 6.92 Å².